The predicted molar refractivity (Wildman–Crippen MR) is 179 cm³/mol. The van der Waals surface area contributed by atoms with E-state index in [-0.39, 0.29) is 39.3 Å². The third kappa shape index (κ3) is 7.41. The van der Waals surface area contributed by atoms with Crippen LogP contribution in [-0.4, -0.2) is 3.21 Å². The van der Waals surface area contributed by atoms with E-state index in [9.17, 15) is 13.2 Å². The molecule has 2 aliphatic rings. The van der Waals surface area contributed by atoms with E-state index < -0.39 is 33.0 Å². The minimum absolute atomic E-state index is 0. The largest absolute Gasteiger partial charge is 1.00 e. The van der Waals surface area contributed by atoms with E-state index in [0.717, 1.165) is 20.8 Å². The molecule has 0 N–H and O–H groups in total. The quantitative estimate of drug-likeness (QED) is 0.262. The van der Waals surface area contributed by atoms with Crippen LogP contribution < -0.4 is 24.8 Å². The van der Waals surface area contributed by atoms with E-state index in [1.807, 2.05) is 6.07 Å². The van der Waals surface area contributed by atoms with Crippen molar-refractivity contribution in [1.29, 1.82) is 0 Å². The Morgan fingerprint density at radius 3 is 1.68 bits per heavy atom. The van der Waals surface area contributed by atoms with Crippen molar-refractivity contribution in [3.05, 3.63) is 151 Å². The number of hydrogen-bond donors (Lipinski definition) is 0. The molecular weight excluding hydrogens is 712 g/mol. The number of halogens is 5. The zero-order valence-corrected chi connectivity index (χ0v) is 32.0. The van der Waals surface area contributed by atoms with Crippen molar-refractivity contribution in [2.45, 2.75) is 75.5 Å². The van der Waals surface area contributed by atoms with Crippen LogP contribution in [0, 0.1) is 6.92 Å². The van der Waals surface area contributed by atoms with Gasteiger partial charge in [0.2, 0.25) is 0 Å². The summed E-state index contributed by atoms with van der Waals surface area (Å²) < 4.78 is 45.2. The normalized spacial score (nSPS) is 14.5. The van der Waals surface area contributed by atoms with Crippen molar-refractivity contribution in [3.8, 4) is 11.1 Å². The molecule has 6 rings (SSSR count). The smallest absolute Gasteiger partial charge is 1.00 e. The number of rotatable bonds is 4. The molecule has 0 unspecified atom stereocenters. The molecule has 0 aromatic heterocycles. The average Bonchev–Trinajstić information content (AvgIpc) is 3.61. The molecule has 0 amide bonds. The van der Waals surface area contributed by atoms with Crippen molar-refractivity contribution in [2.75, 3.05) is 0 Å². The van der Waals surface area contributed by atoms with Gasteiger partial charge in [0.15, 0.2) is 0 Å². The van der Waals surface area contributed by atoms with Gasteiger partial charge in [-0.2, -0.15) is 0 Å². The van der Waals surface area contributed by atoms with Gasteiger partial charge < -0.3 is 24.8 Å². The zero-order valence-electron chi connectivity index (χ0n) is 28.0. The molecule has 0 fully saturated rings. The van der Waals surface area contributed by atoms with Crippen LogP contribution in [0.2, 0.25) is 0 Å². The standard InChI is InChI=1S/C21H25.C15H11F3.C5H5.2ClH.Zr/c1-20(2,3)16-7-9-18-14(12-16)11-15-13-17(21(4,5)6)8-10-19(15)18;1-11-5-7-12(8-6-11)9-13-3-2-4-14(10-13)15(16,17)18;1-2-4-5-3-1;;;/h7-13H,1-6H3;2-8,10H,1H3;1-3H,4H2;2*1H;/q;;;;;+2/p-2. The van der Waals surface area contributed by atoms with E-state index in [2.05, 4.69) is 127 Å². The van der Waals surface area contributed by atoms with Gasteiger partial charge >= 0.3 is 275 Å². The molecule has 4 aromatic rings. The van der Waals surface area contributed by atoms with E-state index in [4.69, 9.17) is 0 Å². The monoisotopic (exact) mass is 750 g/mol. The van der Waals surface area contributed by atoms with Gasteiger partial charge in [0.1, 0.15) is 0 Å². The Bertz CT molecular complexity index is 1820. The van der Waals surface area contributed by atoms with Gasteiger partial charge in [-0.05, 0) is 0 Å². The Morgan fingerprint density at radius 2 is 1.21 bits per heavy atom. The van der Waals surface area contributed by atoms with Crippen molar-refractivity contribution >= 4 is 3.21 Å². The third-order valence-corrected chi connectivity index (χ3v) is 17.5. The molecule has 0 atom stereocenters. The molecule has 0 saturated heterocycles. The maximum Gasteiger partial charge on any atom is -1.00 e. The number of fused-ring (bicyclic) bond motifs is 3. The number of aryl methyl sites for hydroxylation is 1. The third-order valence-electron chi connectivity index (χ3n) is 9.24. The summed E-state index contributed by atoms with van der Waals surface area (Å²) in [5.41, 5.74) is 9.98. The summed E-state index contributed by atoms with van der Waals surface area (Å²) in [5.74, 6) is 0. The van der Waals surface area contributed by atoms with E-state index in [1.165, 1.54) is 48.8 Å². The summed E-state index contributed by atoms with van der Waals surface area (Å²) in [6.45, 7) is 15.6. The van der Waals surface area contributed by atoms with Crippen LogP contribution in [0.5, 0.6) is 0 Å². The Hall–Kier alpha value is -2.52. The Morgan fingerprint density at radius 1 is 0.660 bits per heavy atom. The van der Waals surface area contributed by atoms with E-state index >= 15 is 0 Å². The minimum Gasteiger partial charge on any atom is -1.00 e. The SMILES string of the molecule is Cc1ccc(/[C](c2cccc(C(F)(F)F)c2)=[Zr+2](\[C]2=CC=CC2)[CH]2c3cc(C(C)(C)C)ccc3-c3ccc(C(C)(C)C)cc32)cc1.[Cl-].[Cl-]. The molecule has 0 bridgehead atoms. The molecule has 4 aromatic carbocycles. The summed E-state index contributed by atoms with van der Waals surface area (Å²) in [7, 11) is 0. The Labute approximate surface area is 298 Å². The second-order valence-electron chi connectivity index (χ2n) is 14.6. The fraction of sp³-hybridized carbons (Fsp3) is 0.293. The van der Waals surface area contributed by atoms with E-state index in [0.29, 0.717) is 5.56 Å². The van der Waals surface area contributed by atoms with Crippen LogP contribution in [0.25, 0.3) is 11.1 Å². The minimum atomic E-state index is -4.41. The molecule has 244 valence electrons. The molecule has 0 saturated carbocycles. The van der Waals surface area contributed by atoms with Gasteiger partial charge in [0, 0.05) is 0 Å². The molecule has 0 spiro atoms. The molecular formula is C41H41Cl2F3Zr. The zero-order chi connectivity index (χ0) is 32.3. The Kier molecular flexibility index (Phi) is 10.9. The number of hydrogen-bond acceptors (Lipinski definition) is 0. The Balaban J connectivity index is 0.00000250. The number of benzene rings is 4. The molecule has 0 aliphatic heterocycles. The molecule has 0 heterocycles. The first-order chi connectivity index (χ1) is 21.1. The second-order valence-corrected chi connectivity index (χ2v) is 20.9. The van der Waals surface area contributed by atoms with Gasteiger partial charge in [-0.15, -0.1) is 0 Å². The first kappa shape index (κ1) is 37.3. The number of alkyl halides is 3. The van der Waals surface area contributed by atoms with Crippen LogP contribution in [0.3, 0.4) is 0 Å². The van der Waals surface area contributed by atoms with Crippen LogP contribution in [0.4, 0.5) is 13.2 Å². The molecule has 0 radical (unpaired) electrons. The van der Waals surface area contributed by atoms with Crippen LogP contribution >= 0.6 is 0 Å². The predicted octanol–water partition coefficient (Wildman–Crippen LogP) is 5.42. The summed E-state index contributed by atoms with van der Waals surface area (Å²) in [6, 6.07) is 28.5. The number of allylic oxidation sites excluding steroid dienone is 4. The first-order valence-corrected chi connectivity index (χ1v) is 19.6. The fourth-order valence-electron chi connectivity index (χ4n) is 6.69. The van der Waals surface area contributed by atoms with Crippen LogP contribution in [0.15, 0.2) is 106 Å². The van der Waals surface area contributed by atoms with Crippen molar-refractivity contribution in [1.82, 2.24) is 0 Å². The maximum absolute atomic E-state index is 14.2. The molecule has 47 heavy (non-hydrogen) atoms. The van der Waals surface area contributed by atoms with Gasteiger partial charge in [-0.1, -0.05) is 0 Å². The second kappa shape index (κ2) is 13.8. The summed E-state index contributed by atoms with van der Waals surface area (Å²) in [4.78, 5) is 0. The van der Waals surface area contributed by atoms with Crippen LogP contribution in [0.1, 0.15) is 96.1 Å². The summed E-state index contributed by atoms with van der Waals surface area (Å²) >= 11 is -3.14. The fourth-order valence-corrected chi connectivity index (χ4v) is 15.6. The molecule has 6 heteroatoms. The van der Waals surface area contributed by atoms with Gasteiger partial charge in [0.25, 0.3) is 0 Å². The first-order valence-electron chi connectivity index (χ1n) is 15.8. The maximum atomic E-state index is 14.2. The van der Waals surface area contributed by atoms with Crippen LogP contribution in [-0.2, 0) is 38.3 Å². The van der Waals surface area contributed by atoms with E-state index in [1.54, 1.807) is 6.07 Å². The summed E-state index contributed by atoms with van der Waals surface area (Å²) in [6.07, 6.45) is 3.06. The average molecular weight is 753 g/mol. The molecule has 0 nitrogen and oxygen atoms in total. The van der Waals surface area contributed by atoms with Gasteiger partial charge in [-0.25, -0.2) is 0 Å². The van der Waals surface area contributed by atoms with Gasteiger partial charge in [-0.3, -0.25) is 0 Å². The van der Waals surface area contributed by atoms with Crippen molar-refractivity contribution < 1.29 is 59.3 Å². The van der Waals surface area contributed by atoms with Crippen molar-refractivity contribution in [2.24, 2.45) is 0 Å². The van der Waals surface area contributed by atoms with Crippen molar-refractivity contribution in [3.63, 3.8) is 0 Å². The molecule has 2 aliphatic carbocycles. The van der Waals surface area contributed by atoms with Gasteiger partial charge in [0.05, 0.1) is 0 Å². The topological polar surface area (TPSA) is 0 Å². The summed E-state index contributed by atoms with van der Waals surface area (Å²) in [5, 5.41) is 0.